The molecule has 5 atom stereocenters. The first-order valence-corrected chi connectivity index (χ1v) is 14.0. The van der Waals surface area contributed by atoms with Crippen molar-refractivity contribution in [3.63, 3.8) is 0 Å². The minimum atomic E-state index is -1.01. The van der Waals surface area contributed by atoms with E-state index in [1.54, 1.807) is 6.33 Å². The predicted octanol–water partition coefficient (Wildman–Crippen LogP) is 3.80. The summed E-state index contributed by atoms with van der Waals surface area (Å²) in [5.41, 5.74) is 2.81. The van der Waals surface area contributed by atoms with E-state index < -0.39 is 12.3 Å². The van der Waals surface area contributed by atoms with Gasteiger partial charge in [0.1, 0.15) is 18.1 Å². The first-order chi connectivity index (χ1) is 20.5. The largest absolute Gasteiger partial charge is 0.477 e. The second kappa shape index (κ2) is 12.1. The summed E-state index contributed by atoms with van der Waals surface area (Å²) in [5, 5.41) is 14.9. The maximum absolute atomic E-state index is 12.2. The van der Waals surface area contributed by atoms with E-state index in [0.29, 0.717) is 35.6 Å². The third-order valence-electron chi connectivity index (χ3n) is 7.75. The molecule has 13 nitrogen and oxygen atoms in total. The maximum Gasteiger partial charge on any atom is 0.354 e. The third kappa shape index (κ3) is 5.60. The average molecular weight is 573 g/mol. The van der Waals surface area contributed by atoms with E-state index in [1.807, 2.05) is 54.0 Å². The second-order valence-electron chi connectivity index (χ2n) is 10.4. The second-order valence-corrected chi connectivity index (χ2v) is 10.4. The maximum atomic E-state index is 12.2. The number of carboxylic acid groups (broad SMARTS) is 1. The van der Waals surface area contributed by atoms with Gasteiger partial charge < -0.3 is 29.4 Å². The zero-order valence-corrected chi connectivity index (χ0v) is 23.0. The Labute approximate surface area is 241 Å². The Morgan fingerprint density at radius 2 is 1.98 bits per heavy atom. The zero-order valence-electron chi connectivity index (χ0n) is 23.0. The van der Waals surface area contributed by atoms with Gasteiger partial charge in [-0.05, 0) is 50.2 Å². The Morgan fingerprint density at radius 1 is 1.14 bits per heavy atom. The minimum absolute atomic E-state index is 0.118. The van der Waals surface area contributed by atoms with E-state index in [9.17, 15) is 14.7 Å². The van der Waals surface area contributed by atoms with Gasteiger partial charge in [-0.2, -0.15) is 0 Å². The molecule has 3 aromatic heterocycles. The number of benzene rings is 1. The van der Waals surface area contributed by atoms with Gasteiger partial charge in [-0.3, -0.25) is 5.32 Å². The molecule has 0 bridgehead atoms. The lowest BCUT2D eigenvalue weighted by Gasteiger charge is -2.19. The van der Waals surface area contributed by atoms with Gasteiger partial charge in [-0.1, -0.05) is 36.4 Å². The number of hydrogen-bond acceptors (Lipinski definition) is 8. The van der Waals surface area contributed by atoms with Crippen LogP contribution < -0.4 is 10.6 Å². The lowest BCUT2D eigenvalue weighted by atomic mass is 9.97. The molecule has 1 aromatic carbocycles. The molecule has 2 fully saturated rings. The Hall–Kier alpha value is -4.62. The number of carbonyl (C=O) groups is 2. The fourth-order valence-corrected chi connectivity index (χ4v) is 5.89. The summed E-state index contributed by atoms with van der Waals surface area (Å²) < 4.78 is 14.9. The van der Waals surface area contributed by atoms with E-state index in [1.165, 1.54) is 12.7 Å². The summed E-state index contributed by atoms with van der Waals surface area (Å²) in [7, 11) is 0. The van der Waals surface area contributed by atoms with Gasteiger partial charge >= 0.3 is 12.0 Å². The van der Waals surface area contributed by atoms with Crippen LogP contribution in [0.5, 0.6) is 0 Å². The summed E-state index contributed by atoms with van der Waals surface area (Å²) in [4.78, 5) is 43.8. The molecule has 42 heavy (non-hydrogen) atoms. The number of aromatic nitrogens is 6. The average Bonchev–Trinajstić information content (AvgIpc) is 3.77. The van der Waals surface area contributed by atoms with Crippen LogP contribution in [0.3, 0.4) is 0 Å². The minimum Gasteiger partial charge on any atom is -0.477 e. The number of carbonyl (C=O) groups excluding carboxylic acids is 1. The molecule has 1 aliphatic carbocycles. The number of ether oxygens (including phenoxy) is 2. The summed E-state index contributed by atoms with van der Waals surface area (Å²) in [6.07, 6.45) is 10.3. The summed E-state index contributed by atoms with van der Waals surface area (Å²) >= 11 is 0. The van der Waals surface area contributed by atoms with E-state index in [4.69, 9.17) is 9.47 Å². The van der Waals surface area contributed by atoms with Gasteiger partial charge in [0.05, 0.1) is 30.5 Å². The Morgan fingerprint density at radius 3 is 2.79 bits per heavy atom. The van der Waals surface area contributed by atoms with Crippen LogP contribution in [-0.2, 0) is 15.9 Å². The fraction of sp³-hybridized carbons (Fsp3) is 0.379. The molecule has 0 radical (unpaired) electrons. The van der Waals surface area contributed by atoms with Gasteiger partial charge in [0.15, 0.2) is 23.3 Å². The van der Waals surface area contributed by atoms with Gasteiger partial charge in [-0.15, -0.1) is 0 Å². The van der Waals surface area contributed by atoms with Crippen LogP contribution in [0.15, 0.2) is 55.4 Å². The van der Waals surface area contributed by atoms with Crippen LogP contribution >= 0.6 is 0 Å². The number of carboxylic acids is 1. The van der Waals surface area contributed by atoms with Crippen molar-refractivity contribution in [3.05, 3.63) is 72.3 Å². The molecule has 4 unspecified atom stereocenters. The molecule has 2 aliphatic rings. The van der Waals surface area contributed by atoms with Crippen LogP contribution in [0, 0.1) is 5.92 Å². The number of hydrogen-bond donors (Lipinski definition) is 4. The molecule has 0 spiro atoms. The number of aromatic amines is 1. The highest BCUT2D eigenvalue weighted by Crippen LogP contribution is 2.47. The van der Waals surface area contributed by atoms with E-state index in [-0.39, 0.29) is 35.9 Å². The van der Waals surface area contributed by atoms with Gasteiger partial charge in [-0.25, -0.2) is 29.5 Å². The first-order valence-electron chi connectivity index (χ1n) is 14.0. The highest BCUT2D eigenvalue weighted by atomic mass is 16.7. The zero-order chi connectivity index (χ0) is 29.1. The number of anilines is 1. The summed E-state index contributed by atoms with van der Waals surface area (Å²) in [5.74, 6) is -0.537. The molecule has 1 saturated carbocycles. The van der Waals surface area contributed by atoms with Crippen LogP contribution in [0.2, 0.25) is 0 Å². The van der Waals surface area contributed by atoms with Gasteiger partial charge in [0.2, 0.25) is 0 Å². The molecule has 4 heterocycles. The number of nitrogens with zero attached hydrogens (tertiary/aromatic N) is 5. The molecule has 13 heteroatoms. The molecule has 6 rings (SSSR count). The summed E-state index contributed by atoms with van der Waals surface area (Å²) in [6, 6.07) is 9.48. The number of fused-ring (bicyclic) bond motifs is 2. The van der Waals surface area contributed by atoms with Crippen molar-refractivity contribution < 1.29 is 24.2 Å². The van der Waals surface area contributed by atoms with Crippen molar-refractivity contribution in [2.75, 3.05) is 11.9 Å². The first kappa shape index (κ1) is 27.5. The van der Waals surface area contributed by atoms with Crippen molar-refractivity contribution in [1.82, 2.24) is 34.8 Å². The SMILES string of the molecule is CCNC(=O)Nc1ncnc2c1ncn2C1CC(CCCc2nc[nH]c2C(=O)O)C2O[C@H](/C=C/c3ccccc3)OC21. The number of aryl methyl sites for hydroxylation is 1. The van der Waals surface area contributed by atoms with Gasteiger partial charge in [0.25, 0.3) is 0 Å². The van der Waals surface area contributed by atoms with E-state index >= 15 is 0 Å². The fourth-order valence-electron chi connectivity index (χ4n) is 5.89. The molecule has 218 valence electrons. The number of rotatable bonds is 10. The van der Waals surface area contributed by atoms with Crippen molar-refractivity contribution in [2.24, 2.45) is 5.92 Å². The smallest absolute Gasteiger partial charge is 0.354 e. The van der Waals surface area contributed by atoms with Gasteiger partial charge in [0, 0.05) is 6.54 Å². The molecule has 4 aromatic rings. The molecular weight excluding hydrogens is 540 g/mol. The third-order valence-corrected chi connectivity index (χ3v) is 7.75. The van der Waals surface area contributed by atoms with Crippen LogP contribution in [0.1, 0.15) is 54.0 Å². The van der Waals surface area contributed by atoms with E-state index in [0.717, 1.165) is 24.8 Å². The van der Waals surface area contributed by atoms with E-state index in [2.05, 4.69) is 35.6 Å². The van der Waals surface area contributed by atoms with Crippen LogP contribution in [-0.4, -0.2) is 71.6 Å². The van der Waals surface area contributed by atoms with Crippen LogP contribution in [0.25, 0.3) is 17.2 Å². The number of nitrogens with one attached hydrogen (secondary N) is 3. The molecule has 1 aliphatic heterocycles. The molecular formula is C29H32N8O5. The lowest BCUT2D eigenvalue weighted by Crippen LogP contribution is -2.28. The predicted molar refractivity (Wildman–Crippen MR) is 153 cm³/mol. The molecule has 1 saturated heterocycles. The highest BCUT2D eigenvalue weighted by Gasteiger charge is 2.51. The Balaban J connectivity index is 1.23. The highest BCUT2D eigenvalue weighted by molar-refractivity contribution is 5.95. The Kier molecular flexibility index (Phi) is 7.93. The summed E-state index contributed by atoms with van der Waals surface area (Å²) in [6.45, 7) is 2.32. The number of imidazole rings is 2. The number of aromatic carboxylic acids is 1. The normalized spacial score (nSPS) is 23.4. The standard InChI is InChI=1S/C29H32N8O5/c1-2-30-29(40)36-26-23-27(34-15-33-26)37(16-35-23)20-13-18(9-6-10-19-22(28(38)39)32-14-31-19)24-25(20)42-21(41-24)12-11-17-7-4-3-5-8-17/h3-5,7-8,11-12,14-16,18,20-21,24-25H,2,6,9-10,13H2,1H3,(H,31,32)(H,38,39)(H2,30,33,34,36,40)/b12-11+/t18?,20?,21-,24?,25?/m0/s1. The number of H-pyrrole nitrogens is 1. The molecule has 2 amide bonds. The Bertz CT molecular complexity index is 1590. The number of urea groups is 1. The van der Waals surface area contributed by atoms with Crippen molar-refractivity contribution >= 4 is 35.1 Å². The molecule has 4 N–H and O–H groups in total. The van der Waals surface area contributed by atoms with Crippen molar-refractivity contribution in [2.45, 2.75) is 57.1 Å². The number of amides is 2. The van der Waals surface area contributed by atoms with Crippen molar-refractivity contribution in [1.29, 1.82) is 0 Å². The lowest BCUT2D eigenvalue weighted by molar-refractivity contribution is -0.0507. The van der Waals surface area contributed by atoms with Crippen molar-refractivity contribution in [3.8, 4) is 0 Å². The van der Waals surface area contributed by atoms with Crippen LogP contribution in [0.4, 0.5) is 10.6 Å². The monoisotopic (exact) mass is 572 g/mol. The quantitative estimate of drug-likeness (QED) is 0.221. The topological polar surface area (TPSA) is 169 Å².